The molecule has 6 aliphatic rings. The summed E-state index contributed by atoms with van der Waals surface area (Å²) in [5, 5.41) is 3.66. The molecular formula is C38H47N9. The number of allylic oxidation sites excluding steroid dienone is 2. The molecule has 9 heteroatoms. The first-order chi connectivity index (χ1) is 22.7. The Morgan fingerprint density at radius 2 is 1.19 bits per heavy atom. The Morgan fingerprint density at radius 1 is 0.553 bits per heavy atom. The van der Waals surface area contributed by atoms with E-state index in [4.69, 9.17) is 29.9 Å². The van der Waals surface area contributed by atoms with Crippen LogP contribution in [0.15, 0.2) is 0 Å². The van der Waals surface area contributed by atoms with Gasteiger partial charge in [0.2, 0.25) is 0 Å². The highest BCUT2D eigenvalue weighted by atomic mass is 15.1. The molecule has 0 amide bonds. The second kappa shape index (κ2) is 10.9. The molecule has 3 N–H and O–H groups in total. The van der Waals surface area contributed by atoms with Crippen molar-refractivity contribution in [3.05, 3.63) is 45.6 Å². The van der Waals surface area contributed by atoms with Gasteiger partial charge in [0.15, 0.2) is 23.3 Å². The fourth-order valence-electron chi connectivity index (χ4n) is 9.26. The minimum Gasteiger partial charge on any atom is -0.324 e. The lowest BCUT2D eigenvalue weighted by Gasteiger charge is -2.27. The first-order valence-electron chi connectivity index (χ1n) is 18.2. The molecule has 0 unspecified atom stereocenters. The Morgan fingerprint density at radius 3 is 2.00 bits per heavy atom. The molecule has 0 aromatic carbocycles. The third-order valence-corrected chi connectivity index (χ3v) is 12.2. The Kier molecular flexibility index (Phi) is 6.83. The van der Waals surface area contributed by atoms with Crippen LogP contribution in [0.4, 0.5) is 0 Å². The van der Waals surface area contributed by atoms with Crippen molar-refractivity contribution in [3.8, 4) is 0 Å². The number of H-pyrrole nitrogens is 2. The zero-order valence-electron chi connectivity index (χ0n) is 28.7. The second-order valence-corrected chi connectivity index (χ2v) is 15.6. The Bertz CT molecular complexity index is 2040. The molecule has 0 saturated carbocycles. The molecule has 3 aliphatic carbocycles. The molecule has 3 aliphatic heterocycles. The fourth-order valence-corrected chi connectivity index (χ4v) is 9.26. The lowest BCUT2D eigenvalue weighted by atomic mass is 9.77. The second-order valence-electron chi connectivity index (χ2n) is 15.6. The van der Waals surface area contributed by atoms with Gasteiger partial charge in [-0.1, -0.05) is 34.6 Å². The van der Waals surface area contributed by atoms with Gasteiger partial charge in [-0.2, -0.15) is 0 Å². The number of aromatic amines is 2. The first-order valence-corrected chi connectivity index (χ1v) is 18.2. The van der Waals surface area contributed by atoms with Crippen LogP contribution in [0.3, 0.4) is 0 Å². The Balaban J connectivity index is 1.43. The molecule has 3 aromatic heterocycles. The van der Waals surface area contributed by atoms with Crippen molar-refractivity contribution in [2.24, 2.45) is 17.8 Å². The largest absolute Gasteiger partial charge is 0.324 e. The maximum atomic E-state index is 5.45. The van der Waals surface area contributed by atoms with Crippen LogP contribution in [0.2, 0.25) is 0 Å². The van der Waals surface area contributed by atoms with Crippen molar-refractivity contribution >= 4 is 44.9 Å². The zero-order chi connectivity index (χ0) is 32.1. The van der Waals surface area contributed by atoms with Gasteiger partial charge < -0.3 is 15.3 Å². The summed E-state index contributed by atoms with van der Waals surface area (Å²) in [6, 6.07) is 0.352. The molecule has 0 fully saturated rings. The highest BCUT2D eigenvalue weighted by Crippen LogP contribution is 2.46. The number of fused-ring (bicyclic) bond motifs is 18. The normalized spacial score (nSPS) is 28.8. The molecule has 9 nitrogen and oxygen atoms in total. The summed E-state index contributed by atoms with van der Waals surface area (Å²) in [5.74, 6) is 5.51. The maximum Gasteiger partial charge on any atom is 0.161 e. The van der Waals surface area contributed by atoms with Gasteiger partial charge in [0.25, 0.3) is 0 Å². The number of rotatable bonds is 0. The highest BCUT2D eigenvalue weighted by molar-refractivity contribution is 5.93. The molecule has 9 rings (SSSR count). The molecule has 8 bridgehead atoms. The Hall–Kier alpha value is -3.72. The first kappa shape index (κ1) is 29.4. The van der Waals surface area contributed by atoms with Crippen molar-refractivity contribution in [1.82, 2.24) is 45.2 Å². The van der Waals surface area contributed by atoms with E-state index in [2.05, 4.69) is 56.8 Å². The van der Waals surface area contributed by atoms with Gasteiger partial charge in [-0.3, -0.25) is 0 Å². The van der Waals surface area contributed by atoms with E-state index in [-0.39, 0.29) is 0 Å². The van der Waals surface area contributed by atoms with Crippen LogP contribution in [0.1, 0.15) is 144 Å². The van der Waals surface area contributed by atoms with Gasteiger partial charge in [0.1, 0.15) is 22.6 Å². The molecule has 6 atom stereocenters. The minimum atomic E-state index is 0.352. The SMILES string of the molecule is C[C@@H]1CC[C@H](C)c2c(c3nc4nc(nc5[nH]c(nc6nc(nc2[nH]3)C2=C6CC[C@@H](C)[C@H]2C)c2c5[C@@H](C)CCC2)C2=C4C[C@@H](C)NC2)C1. The van der Waals surface area contributed by atoms with E-state index in [9.17, 15) is 0 Å². The van der Waals surface area contributed by atoms with Gasteiger partial charge in [0.05, 0.1) is 0 Å². The van der Waals surface area contributed by atoms with Crippen LogP contribution in [-0.4, -0.2) is 52.5 Å². The third-order valence-electron chi connectivity index (χ3n) is 12.2. The topological polar surface area (TPSA) is 121 Å². The average Bonchev–Trinajstić information content (AvgIpc) is 3.74. The third kappa shape index (κ3) is 4.66. The Labute approximate surface area is 276 Å². The monoisotopic (exact) mass is 629 g/mol. The van der Waals surface area contributed by atoms with Gasteiger partial charge in [-0.05, 0) is 94.3 Å². The van der Waals surface area contributed by atoms with Gasteiger partial charge in [-0.15, -0.1) is 0 Å². The molecule has 6 heterocycles. The van der Waals surface area contributed by atoms with E-state index < -0.39 is 0 Å². The number of nitrogens with one attached hydrogen (secondary N) is 3. The average molecular weight is 630 g/mol. The van der Waals surface area contributed by atoms with Crippen molar-refractivity contribution < 1.29 is 0 Å². The molecular weight excluding hydrogens is 582 g/mol. The number of aryl methyl sites for hydroxylation is 1. The van der Waals surface area contributed by atoms with Gasteiger partial charge >= 0.3 is 0 Å². The predicted molar refractivity (Wildman–Crippen MR) is 187 cm³/mol. The van der Waals surface area contributed by atoms with Crippen LogP contribution in [0.5, 0.6) is 0 Å². The summed E-state index contributed by atoms with van der Waals surface area (Å²) in [4.78, 5) is 39.5. The number of aromatic nitrogens is 8. The highest BCUT2D eigenvalue weighted by Gasteiger charge is 2.35. The van der Waals surface area contributed by atoms with E-state index in [1.165, 1.54) is 51.0 Å². The molecule has 0 spiro atoms. The lowest BCUT2D eigenvalue weighted by Crippen LogP contribution is -2.31. The zero-order valence-corrected chi connectivity index (χ0v) is 28.7. The lowest BCUT2D eigenvalue weighted by molar-refractivity contribution is 0.431. The number of nitrogens with zero attached hydrogens (tertiary/aromatic N) is 6. The van der Waals surface area contributed by atoms with Gasteiger partial charge in [0, 0.05) is 57.1 Å². The minimum absolute atomic E-state index is 0.352. The van der Waals surface area contributed by atoms with E-state index >= 15 is 0 Å². The number of hydrogen-bond donors (Lipinski definition) is 3. The van der Waals surface area contributed by atoms with Gasteiger partial charge in [-0.25, -0.2) is 29.9 Å². The maximum absolute atomic E-state index is 5.45. The fraction of sp³-hybridized carbons (Fsp3) is 0.579. The summed E-state index contributed by atoms with van der Waals surface area (Å²) >= 11 is 0. The van der Waals surface area contributed by atoms with Crippen molar-refractivity contribution in [2.45, 2.75) is 117 Å². The summed E-state index contributed by atoms with van der Waals surface area (Å²) < 4.78 is 0. The number of hydrogen-bond acceptors (Lipinski definition) is 7. The molecule has 244 valence electrons. The van der Waals surface area contributed by atoms with Crippen molar-refractivity contribution in [2.75, 3.05) is 6.54 Å². The smallest absolute Gasteiger partial charge is 0.161 e. The van der Waals surface area contributed by atoms with Crippen LogP contribution in [0, 0.1) is 17.8 Å². The van der Waals surface area contributed by atoms with Crippen LogP contribution in [-0.2, 0) is 12.8 Å². The van der Waals surface area contributed by atoms with E-state index in [0.29, 0.717) is 35.6 Å². The van der Waals surface area contributed by atoms with Crippen molar-refractivity contribution in [1.29, 1.82) is 0 Å². The van der Waals surface area contributed by atoms with E-state index in [1.807, 2.05) is 0 Å². The van der Waals surface area contributed by atoms with Crippen molar-refractivity contribution in [3.63, 3.8) is 0 Å². The standard InChI is InChI=1S/C38H47N9/c1-17-10-11-20(4)29-26(14-17)34-41-33-25-15-21(5)39-16-27(25)35(42-33)46-36-28-19(3)8-7-9-23(28)31(43-36)40-32-24-13-12-18(2)22(6)30(24)38(44-32)47-37(29)45-34/h17-22,39H,7-16H2,1-6H3,(H2,40,41,42,43,44,45,46,47)/t17-,18-,19+,20+,21-,22-/m1/s1. The van der Waals surface area contributed by atoms with Crippen LogP contribution >= 0.6 is 0 Å². The van der Waals surface area contributed by atoms with Crippen LogP contribution in [0.25, 0.3) is 44.9 Å². The molecule has 0 radical (unpaired) electrons. The van der Waals surface area contributed by atoms with E-state index in [1.54, 1.807) is 0 Å². The van der Waals surface area contributed by atoms with Crippen LogP contribution < -0.4 is 5.32 Å². The summed E-state index contributed by atoms with van der Waals surface area (Å²) in [6.07, 6.45) is 9.63. The predicted octanol–water partition coefficient (Wildman–Crippen LogP) is 7.68. The summed E-state index contributed by atoms with van der Waals surface area (Å²) in [7, 11) is 0. The quantitative estimate of drug-likeness (QED) is 0.218. The molecule has 3 aromatic rings. The molecule has 47 heavy (non-hydrogen) atoms. The molecule has 0 saturated heterocycles. The van der Waals surface area contributed by atoms with E-state index in [0.717, 1.165) is 104 Å². The summed E-state index contributed by atoms with van der Waals surface area (Å²) in [5.41, 5.74) is 13.7. The summed E-state index contributed by atoms with van der Waals surface area (Å²) in [6.45, 7) is 14.8.